The Balaban J connectivity index is 2.36. The Labute approximate surface area is 95.4 Å². The predicted octanol–water partition coefficient (Wildman–Crippen LogP) is 1.55. The number of alkyl halides is 1. The van der Waals surface area contributed by atoms with Crippen molar-refractivity contribution in [2.75, 3.05) is 17.7 Å². The number of halogens is 1. The smallest absolute Gasteiger partial charge is 0.214 e. The number of hydrogen-bond acceptors (Lipinski definition) is 5. The minimum Gasteiger partial charge on any atom is -0.375 e. The van der Waals surface area contributed by atoms with E-state index in [-0.39, 0.29) is 16.8 Å². The van der Waals surface area contributed by atoms with Crippen LogP contribution in [-0.2, 0) is 4.79 Å². The molecule has 78 valence electrons. The van der Waals surface area contributed by atoms with Crippen LogP contribution < -0.4 is 5.32 Å². The van der Waals surface area contributed by atoms with Gasteiger partial charge in [0.25, 0.3) is 0 Å². The lowest BCUT2D eigenvalue weighted by Gasteiger charge is -2.15. The van der Waals surface area contributed by atoms with Crippen molar-refractivity contribution in [3.05, 3.63) is 17.8 Å². The van der Waals surface area contributed by atoms with E-state index in [0.717, 1.165) is 17.4 Å². The Morgan fingerprint density at radius 2 is 2.40 bits per heavy atom. The molecular formula is C9H7ClN2O2S. The van der Waals surface area contributed by atoms with E-state index in [9.17, 15) is 9.59 Å². The van der Waals surface area contributed by atoms with Gasteiger partial charge in [-0.2, -0.15) is 0 Å². The second kappa shape index (κ2) is 4.20. The quantitative estimate of drug-likeness (QED) is 0.630. The largest absolute Gasteiger partial charge is 0.375 e. The second-order valence-electron chi connectivity index (χ2n) is 2.93. The molecule has 0 amide bonds. The van der Waals surface area contributed by atoms with Gasteiger partial charge in [0.15, 0.2) is 5.78 Å². The molecular weight excluding hydrogens is 236 g/mol. The van der Waals surface area contributed by atoms with E-state index < -0.39 is 0 Å². The lowest BCUT2D eigenvalue weighted by molar-refractivity contribution is -0.109. The highest BCUT2D eigenvalue weighted by atomic mass is 35.5. The maximum Gasteiger partial charge on any atom is 0.214 e. The number of aromatic nitrogens is 1. The zero-order chi connectivity index (χ0) is 10.8. The maximum absolute atomic E-state index is 11.3. The number of rotatable bonds is 2. The van der Waals surface area contributed by atoms with Gasteiger partial charge in [-0.1, -0.05) is 0 Å². The van der Waals surface area contributed by atoms with Crippen LogP contribution in [0.1, 0.15) is 10.5 Å². The lowest BCUT2D eigenvalue weighted by Crippen LogP contribution is -2.17. The van der Waals surface area contributed by atoms with Crippen molar-refractivity contribution in [3.63, 3.8) is 0 Å². The fourth-order valence-corrected chi connectivity index (χ4v) is 2.08. The van der Waals surface area contributed by atoms with Crippen LogP contribution in [0.5, 0.6) is 0 Å². The highest BCUT2D eigenvalue weighted by molar-refractivity contribution is 8.13. The summed E-state index contributed by atoms with van der Waals surface area (Å²) in [6, 6.07) is 3.34. The molecule has 0 saturated heterocycles. The van der Waals surface area contributed by atoms with Crippen LogP contribution in [0, 0.1) is 0 Å². The number of pyridine rings is 1. The van der Waals surface area contributed by atoms with Crippen molar-refractivity contribution in [2.45, 2.75) is 5.03 Å². The van der Waals surface area contributed by atoms with Gasteiger partial charge < -0.3 is 5.32 Å². The van der Waals surface area contributed by atoms with E-state index in [0.29, 0.717) is 17.3 Å². The molecule has 0 radical (unpaired) electrons. The van der Waals surface area contributed by atoms with Crippen molar-refractivity contribution in [1.29, 1.82) is 0 Å². The monoisotopic (exact) mass is 242 g/mol. The molecule has 0 bridgehead atoms. The van der Waals surface area contributed by atoms with Gasteiger partial charge in [-0.25, -0.2) is 4.98 Å². The third-order valence-electron chi connectivity index (χ3n) is 1.90. The molecule has 1 aromatic rings. The van der Waals surface area contributed by atoms with E-state index in [4.69, 9.17) is 11.6 Å². The van der Waals surface area contributed by atoms with Gasteiger partial charge in [0.1, 0.15) is 10.7 Å². The minimum atomic E-state index is -0.238. The molecule has 0 saturated carbocycles. The number of ketones is 1. The number of thioether (sulfide) groups is 1. The zero-order valence-electron chi connectivity index (χ0n) is 7.62. The summed E-state index contributed by atoms with van der Waals surface area (Å²) in [5.74, 6) is -0.337. The van der Waals surface area contributed by atoms with Crippen LogP contribution in [0.2, 0.25) is 0 Å². The molecule has 4 nitrogen and oxygen atoms in total. The van der Waals surface area contributed by atoms with E-state index in [1.807, 2.05) is 0 Å². The van der Waals surface area contributed by atoms with Crippen LogP contribution in [0.3, 0.4) is 0 Å². The Kier molecular flexibility index (Phi) is 2.93. The summed E-state index contributed by atoms with van der Waals surface area (Å²) in [4.78, 5) is 26.5. The summed E-state index contributed by atoms with van der Waals surface area (Å²) in [7, 11) is 0. The molecule has 1 aliphatic rings. The van der Waals surface area contributed by atoms with Crippen LogP contribution in [0.4, 0.5) is 5.69 Å². The molecule has 6 heteroatoms. The van der Waals surface area contributed by atoms with Crippen molar-refractivity contribution < 1.29 is 9.59 Å². The zero-order valence-corrected chi connectivity index (χ0v) is 9.19. The number of carbonyl (C=O) groups is 2. The molecule has 0 spiro atoms. The Morgan fingerprint density at radius 3 is 3.13 bits per heavy atom. The summed E-state index contributed by atoms with van der Waals surface area (Å²) < 4.78 is 0. The van der Waals surface area contributed by atoms with Crippen LogP contribution in [0.15, 0.2) is 17.2 Å². The fourth-order valence-electron chi connectivity index (χ4n) is 1.19. The van der Waals surface area contributed by atoms with Crippen molar-refractivity contribution >= 4 is 39.9 Å². The summed E-state index contributed by atoms with van der Waals surface area (Å²) in [5.41, 5.74) is 1.08. The summed E-state index contributed by atoms with van der Waals surface area (Å²) in [6.07, 6.45) is 0. The molecule has 2 heterocycles. The SMILES string of the molecule is O=C1CNc2ccc(C(=O)CCl)nc2S1. The number of hydrogen-bond donors (Lipinski definition) is 1. The Hall–Kier alpha value is -1.07. The molecule has 1 N–H and O–H groups in total. The third kappa shape index (κ3) is 2.13. The van der Waals surface area contributed by atoms with Gasteiger partial charge in [0.05, 0.1) is 18.1 Å². The average molecular weight is 243 g/mol. The second-order valence-corrected chi connectivity index (χ2v) is 4.25. The first-order valence-corrected chi connectivity index (χ1v) is 5.60. The number of nitrogens with zero attached hydrogens (tertiary/aromatic N) is 1. The molecule has 0 unspecified atom stereocenters. The Bertz CT molecular complexity index is 436. The van der Waals surface area contributed by atoms with Crippen LogP contribution >= 0.6 is 23.4 Å². The molecule has 15 heavy (non-hydrogen) atoms. The molecule has 0 aliphatic carbocycles. The Morgan fingerprint density at radius 1 is 1.60 bits per heavy atom. The lowest BCUT2D eigenvalue weighted by atomic mass is 10.2. The molecule has 1 aliphatic heterocycles. The fraction of sp³-hybridized carbons (Fsp3) is 0.222. The van der Waals surface area contributed by atoms with Gasteiger partial charge in [-0.15, -0.1) is 11.6 Å². The van der Waals surface area contributed by atoms with Gasteiger partial charge in [0, 0.05) is 0 Å². The number of fused-ring (bicyclic) bond motifs is 1. The topological polar surface area (TPSA) is 59.1 Å². The first-order valence-electron chi connectivity index (χ1n) is 4.25. The maximum atomic E-state index is 11.3. The minimum absolute atomic E-state index is 0.00882. The number of Topliss-reactive ketones (excluding diaryl/α,β-unsaturated/α-hetero) is 1. The van der Waals surface area contributed by atoms with E-state index >= 15 is 0 Å². The highest BCUT2D eigenvalue weighted by Gasteiger charge is 2.18. The molecule has 2 rings (SSSR count). The normalized spacial score (nSPS) is 14.3. The highest BCUT2D eigenvalue weighted by Crippen LogP contribution is 2.29. The number of anilines is 1. The van der Waals surface area contributed by atoms with E-state index in [1.165, 1.54) is 0 Å². The van der Waals surface area contributed by atoms with E-state index in [2.05, 4.69) is 10.3 Å². The number of nitrogens with one attached hydrogen (secondary N) is 1. The van der Waals surface area contributed by atoms with Gasteiger partial charge in [-0.05, 0) is 23.9 Å². The summed E-state index contributed by atoms with van der Waals surface area (Å²) in [5, 5.41) is 3.45. The van der Waals surface area contributed by atoms with Crippen LogP contribution in [-0.4, -0.2) is 28.3 Å². The van der Waals surface area contributed by atoms with Gasteiger partial charge in [-0.3, -0.25) is 9.59 Å². The first kappa shape index (κ1) is 10.4. The van der Waals surface area contributed by atoms with Gasteiger partial charge >= 0.3 is 0 Å². The first-order chi connectivity index (χ1) is 7.20. The summed E-state index contributed by atoms with van der Waals surface area (Å²) in [6.45, 7) is 0.294. The molecule has 0 fully saturated rings. The van der Waals surface area contributed by atoms with Crippen molar-refractivity contribution in [2.24, 2.45) is 0 Å². The van der Waals surface area contributed by atoms with Crippen LogP contribution in [0.25, 0.3) is 0 Å². The van der Waals surface area contributed by atoms with Gasteiger partial charge in [0.2, 0.25) is 5.12 Å². The third-order valence-corrected chi connectivity index (χ3v) is 3.02. The molecule has 0 aromatic carbocycles. The van der Waals surface area contributed by atoms with E-state index in [1.54, 1.807) is 12.1 Å². The van der Waals surface area contributed by atoms with Crippen molar-refractivity contribution in [3.8, 4) is 0 Å². The standard InChI is InChI=1S/C9H7ClN2O2S/c10-3-7(13)5-1-2-6-9(12-5)15-8(14)4-11-6/h1-2,11H,3-4H2. The number of carbonyl (C=O) groups excluding carboxylic acids is 2. The molecule has 1 aromatic heterocycles. The molecule has 0 atom stereocenters. The summed E-state index contributed by atoms with van der Waals surface area (Å²) >= 11 is 6.47. The van der Waals surface area contributed by atoms with Crippen molar-refractivity contribution in [1.82, 2.24) is 4.98 Å². The predicted molar refractivity (Wildman–Crippen MR) is 58.6 cm³/mol. The average Bonchev–Trinajstić information content (AvgIpc) is 2.27.